The van der Waals surface area contributed by atoms with E-state index in [-0.39, 0.29) is 6.10 Å². The molecule has 98 valence electrons. The van der Waals surface area contributed by atoms with Gasteiger partial charge in [-0.25, -0.2) is 0 Å². The number of nitrogens with one attached hydrogen (secondary N) is 2. The Morgan fingerprint density at radius 2 is 2.39 bits per heavy atom. The number of aromatic nitrogens is 1. The first-order valence-electron chi connectivity index (χ1n) is 6.25. The zero-order valence-electron chi connectivity index (χ0n) is 10.4. The van der Waals surface area contributed by atoms with Crippen molar-refractivity contribution in [2.75, 3.05) is 13.1 Å². The second-order valence-corrected chi connectivity index (χ2v) is 5.17. The highest BCUT2D eigenvalue weighted by Crippen LogP contribution is 2.17. The molecule has 2 heterocycles. The Morgan fingerprint density at radius 1 is 1.50 bits per heavy atom. The molecule has 5 heteroatoms. The molecule has 0 saturated carbocycles. The Bertz CT molecular complexity index is 405. The van der Waals surface area contributed by atoms with Crippen molar-refractivity contribution in [1.29, 1.82) is 0 Å². The van der Waals surface area contributed by atoms with E-state index in [2.05, 4.69) is 44.7 Å². The van der Waals surface area contributed by atoms with E-state index in [0.29, 0.717) is 0 Å². The second-order valence-electron chi connectivity index (χ2n) is 4.26. The molecular weight excluding hydrogens is 294 g/mol. The first-order chi connectivity index (χ1) is 8.79. The third-order valence-electron chi connectivity index (χ3n) is 2.73. The predicted octanol–water partition coefficient (Wildman–Crippen LogP) is 2.48. The molecule has 0 bridgehead atoms. The van der Waals surface area contributed by atoms with Gasteiger partial charge in [0.1, 0.15) is 6.10 Å². The van der Waals surface area contributed by atoms with Gasteiger partial charge in [-0.1, -0.05) is 13.3 Å². The summed E-state index contributed by atoms with van der Waals surface area (Å²) in [5, 5.41) is 3.37. The van der Waals surface area contributed by atoms with Crippen LogP contribution in [-0.2, 0) is 4.84 Å². The smallest absolute Gasteiger partial charge is 0.118 e. The van der Waals surface area contributed by atoms with Gasteiger partial charge in [0.2, 0.25) is 0 Å². The fourth-order valence-electron chi connectivity index (χ4n) is 1.71. The van der Waals surface area contributed by atoms with Crippen molar-refractivity contribution in [2.24, 2.45) is 0 Å². The van der Waals surface area contributed by atoms with E-state index in [4.69, 9.17) is 4.84 Å². The number of rotatable bonds is 6. The fourth-order valence-corrected chi connectivity index (χ4v) is 1.95. The summed E-state index contributed by atoms with van der Waals surface area (Å²) in [7, 11) is 0. The topological polar surface area (TPSA) is 46.2 Å². The molecule has 0 aromatic carbocycles. The quantitative estimate of drug-likeness (QED) is 0.792. The molecule has 0 spiro atoms. The molecule has 1 aliphatic rings. The lowest BCUT2D eigenvalue weighted by Gasteiger charge is -2.08. The van der Waals surface area contributed by atoms with Crippen molar-refractivity contribution in [3.63, 3.8) is 0 Å². The van der Waals surface area contributed by atoms with Gasteiger partial charge in [0.05, 0.1) is 11.4 Å². The van der Waals surface area contributed by atoms with Crippen LogP contribution in [0.15, 0.2) is 28.9 Å². The first kappa shape index (κ1) is 13.5. The van der Waals surface area contributed by atoms with E-state index >= 15 is 0 Å². The molecule has 1 atom stereocenters. The summed E-state index contributed by atoms with van der Waals surface area (Å²) in [4.78, 5) is 9.80. The van der Waals surface area contributed by atoms with E-state index < -0.39 is 0 Å². The number of hydroxylamine groups is 1. The van der Waals surface area contributed by atoms with Gasteiger partial charge in [-0.15, -0.1) is 0 Å². The number of hydrogen-bond acceptors (Lipinski definition) is 4. The van der Waals surface area contributed by atoms with Gasteiger partial charge < -0.3 is 5.32 Å². The van der Waals surface area contributed by atoms with Crippen LogP contribution in [0.4, 0.5) is 0 Å². The van der Waals surface area contributed by atoms with Crippen LogP contribution in [0.25, 0.3) is 5.70 Å². The third kappa shape index (κ3) is 3.80. The van der Waals surface area contributed by atoms with Crippen LogP contribution in [0, 0.1) is 0 Å². The maximum Gasteiger partial charge on any atom is 0.118 e. The van der Waals surface area contributed by atoms with Crippen molar-refractivity contribution in [3.05, 3.63) is 34.6 Å². The molecule has 0 unspecified atom stereocenters. The molecule has 0 amide bonds. The zero-order valence-corrected chi connectivity index (χ0v) is 12.0. The normalized spacial score (nSPS) is 18.6. The molecule has 2 N–H and O–H groups in total. The molecule has 0 saturated heterocycles. The van der Waals surface area contributed by atoms with Gasteiger partial charge in [-0.3, -0.25) is 15.3 Å². The predicted molar refractivity (Wildman–Crippen MR) is 75.7 cm³/mol. The molecule has 0 aliphatic carbocycles. The van der Waals surface area contributed by atoms with Crippen molar-refractivity contribution < 1.29 is 4.84 Å². The maximum absolute atomic E-state index is 5.47. The van der Waals surface area contributed by atoms with E-state index in [1.807, 2.05) is 12.1 Å². The molecule has 18 heavy (non-hydrogen) atoms. The molecular formula is C13H18BrN3O. The number of halogens is 1. The van der Waals surface area contributed by atoms with Gasteiger partial charge in [-0.05, 0) is 47.1 Å². The highest BCUT2D eigenvalue weighted by molar-refractivity contribution is 9.10. The monoisotopic (exact) mass is 311 g/mol. The highest BCUT2D eigenvalue weighted by atomic mass is 79.9. The van der Waals surface area contributed by atoms with E-state index in [1.165, 1.54) is 12.8 Å². The standard InChI is InChI=1S/C13H18BrN3O/c1-2-3-6-15-9-11-7-13(17-18-11)12-5-4-10(14)8-16-12/h4-5,7-8,11,15,17H,2-3,6,9H2,1H3/t11-/m0/s1. The van der Waals surface area contributed by atoms with Crippen LogP contribution in [0.1, 0.15) is 25.5 Å². The molecule has 0 fully saturated rings. The summed E-state index contributed by atoms with van der Waals surface area (Å²) >= 11 is 3.37. The lowest BCUT2D eigenvalue weighted by Crippen LogP contribution is -2.28. The molecule has 4 nitrogen and oxygen atoms in total. The van der Waals surface area contributed by atoms with Crippen molar-refractivity contribution in [2.45, 2.75) is 25.9 Å². The van der Waals surface area contributed by atoms with Gasteiger partial charge in [0, 0.05) is 17.2 Å². The third-order valence-corrected chi connectivity index (χ3v) is 3.20. The number of hydrogen-bond donors (Lipinski definition) is 2. The largest absolute Gasteiger partial charge is 0.314 e. The molecule has 2 rings (SSSR count). The lowest BCUT2D eigenvalue weighted by molar-refractivity contribution is 0.0517. The van der Waals surface area contributed by atoms with Crippen LogP contribution in [-0.4, -0.2) is 24.2 Å². The van der Waals surface area contributed by atoms with E-state index in [9.17, 15) is 0 Å². The lowest BCUT2D eigenvalue weighted by atomic mass is 10.2. The molecule has 1 aliphatic heterocycles. The Kier molecular flexibility index (Phi) is 5.16. The highest BCUT2D eigenvalue weighted by Gasteiger charge is 2.17. The van der Waals surface area contributed by atoms with Crippen molar-refractivity contribution >= 4 is 21.6 Å². The molecule has 1 aromatic rings. The van der Waals surface area contributed by atoms with E-state index in [1.54, 1.807) is 6.20 Å². The first-order valence-corrected chi connectivity index (χ1v) is 7.05. The summed E-state index contributed by atoms with van der Waals surface area (Å²) in [5.41, 5.74) is 4.76. The average molecular weight is 312 g/mol. The Labute approximate surface area is 116 Å². The maximum atomic E-state index is 5.47. The van der Waals surface area contributed by atoms with Crippen LogP contribution in [0.5, 0.6) is 0 Å². The van der Waals surface area contributed by atoms with Crippen LogP contribution in [0.3, 0.4) is 0 Å². The minimum absolute atomic E-state index is 0.0716. The second kappa shape index (κ2) is 6.87. The van der Waals surface area contributed by atoms with Crippen LogP contribution >= 0.6 is 15.9 Å². The van der Waals surface area contributed by atoms with Crippen LogP contribution in [0.2, 0.25) is 0 Å². The SMILES string of the molecule is CCCCNC[C@@H]1C=C(c2ccc(Br)cn2)NO1. The zero-order chi connectivity index (χ0) is 12.8. The number of pyridine rings is 1. The summed E-state index contributed by atoms with van der Waals surface area (Å²) in [6, 6.07) is 3.93. The van der Waals surface area contributed by atoms with Gasteiger partial charge in [0.15, 0.2) is 0 Å². The van der Waals surface area contributed by atoms with E-state index in [0.717, 1.165) is 29.0 Å². The Hall–Kier alpha value is -0.910. The minimum atomic E-state index is 0.0716. The van der Waals surface area contributed by atoms with Crippen molar-refractivity contribution in [3.8, 4) is 0 Å². The Balaban J connectivity index is 1.86. The van der Waals surface area contributed by atoms with Gasteiger partial charge in [-0.2, -0.15) is 0 Å². The number of unbranched alkanes of at least 4 members (excludes halogenated alkanes) is 1. The molecule has 1 aromatic heterocycles. The minimum Gasteiger partial charge on any atom is -0.314 e. The number of nitrogens with zero attached hydrogens (tertiary/aromatic N) is 1. The molecule has 0 radical (unpaired) electrons. The van der Waals surface area contributed by atoms with Gasteiger partial charge >= 0.3 is 0 Å². The van der Waals surface area contributed by atoms with Gasteiger partial charge in [0.25, 0.3) is 0 Å². The Morgan fingerprint density at radius 3 is 3.11 bits per heavy atom. The fraction of sp³-hybridized carbons (Fsp3) is 0.462. The van der Waals surface area contributed by atoms with Crippen molar-refractivity contribution in [1.82, 2.24) is 15.8 Å². The summed E-state index contributed by atoms with van der Waals surface area (Å²) in [6.45, 7) is 4.05. The van der Waals surface area contributed by atoms with Crippen LogP contribution < -0.4 is 10.8 Å². The summed E-state index contributed by atoms with van der Waals surface area (Å²) in [6.07, 6.45) is 6.33. The summed E-state index contributed by atoms with van der Waals surface area (Å²) < 4.78 is 0.976. The summed E-state index contributed by atoms with van der Waals surface area (Å²) in [5.74, 6) is 0. The average Bonchev–Trinajstić information content (AvgIpc) is 2.84.